The Balaban J connectivity index is 1.77. The minimum atomic E-state index is -0.254. The first-order valence-electron chi connectivity index (χ1n) is 6.44. The van der Waals surface area contributed by atoms with Crippen molar-refractivity contribution < 1.29 is 4.39 Å². The van der Waals surface area contributed by atoms with Gasteiger partial charge < -0.3 is 5.73 Å². The van der Waals surface area contributed by atoms with Gasteiger partial charge in [-0.25, -0.2) is 4.39 Å². The van der Waals surface area contributed by atoms with Crippen LogP contribution in [0.2, 0.25) is 0 Å². The first kappa shape index (κ1) is 12.8. The number of benzene rings is 2. The molecule has 0 bridgehead atoms. The second-order valence-corrected chi connectivity index (χ2v) is 5.94. The van der Waals surface area contributed by atoms with Crippen molar-refractivity contribution in [2.75, 3.05) is 0 Å². The molecule has 3 heteroatoms. The fourth-order valence-corrected chi connectivity index (χ4v) is 3.19. The van der Waals surface area contributed by atoms with Crippen LogP contribution in [0.4, 0.5) is 4.39 Å². The van der Waals surface area contributed by atoms with Crippen molar-refractivity contribution in [3.8, 4) is 0 Å². The number of hydrogen-bond acceptors (Lipinski definition) is 1. The van der Waals surface area contributed by atoms with Gasteiger partial charge in [-0.3, -0.25) is 0 Å². The summed E-state index contributed by atoms with van der Waals surface area (Å²) < 4.78 is 14.5. The molecule has 0 fully saturated rings. The van der Waals surface area contributed by atoms with Gasteiger partial charge in [0, 0.05) is 11.6 Å². The minimum absolute atomic E-state index is 0.234. The van der Waals surface area contributed by atoms with E-state index in [4.69, 9.17) is 5.73 Å². The van der Waals surface area contributed by atoms with E-state index < -0.39 is 0 Å². The third-order valence-electron chi connectivity index (χ3n) is 3.88. The van der Waals surface area contributed by atoms with Crippen molar-refractivity contribution in [1.29, 1.82) is 0 Å². The topological polar surface area (TPSA) is 26.0 Å². The lowest BCUT2D eigenvalue weighted by molar-refractivity contribution is 0.480. The second-order valence-electron chi connectivity index (χ2n) is 5.09. The van der Waals surface area contributed by atoms with Gasteiger partial charge in [0.2, 0.25) is 0 Å². The Morgan fingerprint density at radius 1 is 1.21 bits per heavy atom. The third-order valence-corrected chi connectivity index (χ3v) is 4.49. The van der Waals surface area contributed by atoms with Gasteiger partial charge in [0.25, 0.3) is 0 Å². The van der Waals surface area contributed by atoms with Crippen LogP contribution in [0.25, 0.3) is 0 Å². The van der Waals surface area contributed by atoms with Crippen molar-refractivity contribution in [2.24, 2.45) is 5.73 Å². The summed E-state index contributed by atoms with van der Waals surface area (Å²) in [5, 5.41) is 0. The van der Waals surface area contributed by atoms with E-state index in [0.29, 0.717) is 16.0 Å². The number of halogens is 2. The Morgan fingerprint density at radius 3 is 2.79 bits per heavy atom. The monoisotopic (exact) mass is 319 g/mol. The lowest BCUT2D eigenvalue weighted by Crippen LogP contribution is -2.23. The molecule has 1 nitrogen and oxygen atoms in total. The SMILES string of the molecule is NC(CC1Cc2ccccc21)c1cccc(Br)c1F. The number of hydrogen-bond donors (Lipinski definition) is 1. The summed E-state index contributed by atoms with van der Waals surface area (Å²) in [6.07, 6.45) is 1.85. The van der Waals surface area contributed by atoms with Gasteiger partial charge in [0.1, 0.15) is 5.82 Å². The highest BCUT2D eigenvalue weighted by Gasteiger charge is 2.28. The highest BCUT2D eigenvalue weighted by molar-refractivity contribution is 9.10. The highest BCUT2D eigenvalue weighted by atomic mass is 79.9. The van der Waals surface area contributed by atoms with E-state index in [1.54, 1.807) is 12.1 Å². The summed E-state index contributed by atoms with van der Waals surface area (Å²) in [5.41, 5.74) is 9.53. The predicted molar refractivity (Wildman–Crippen MR) is 78.5 cm³/mol. The maximum absolute atomic E-state index is 14.0. The zero-order valence-corrected chi connectivity index (χ0v) is 12.0. The molecule has 0 spiro atoms. The third kappa shape index (κ3) is 2.33. The Labute approximate surface area is 120 Å². The summed E-state index contributed by atoms with van der Waals surface area (Å²) in [5.74, 6) is 0.229. The average molecular weight is 320 g/mol. The molecule has 2 N–H and O–H groups in total. The lowest BCUT2D eigenvalue weighted by Gasteiger charge is -2.32. The molecule has 0 aromatic heterocycles. The van der Waals surface area contributed by atoms with E-state index in [9.17, 15) is 4.39 Å². The fourth-order valence-electron chi connectivity index (χ4n) is 2.81. The Morgan fingerprint density at radius 2 is 2.00 bits per heavy atom. The van der Waals surface area contributed by atoms with Crippen LogP contribution < -0.4 is 5.73 Å². The molecule has 1 aliphatic rings. The molecule has 0 aliphatic heterocycles. The van der Waals surface area contributed by atoms with Crippen LogP contribution >= 0.6 is 15.9 Å². The molecular weight excluding hydrogens is 305 g/mol. The predicted octanol–water partition coefficient (Wildman–Crippen LogP) is 4.32. The smallest absolute Gasteiger partial charge is 0.142 e. The highest BCUT2D eigenvalue weighted by Crippen LogP contribution is 2.40. The summed E-state index contributed by atoms with van der Waals surface area (Å²) in [6.45, 7) is 0. The number of nitrogens with two attached hydrogens (primary N) is 1. The molecule has 98 valence electrons. The van der Waals surface area contributed by atoms with Crippen LogP contribution in [-0.2, 0) is 6.42 Å². The summed E-state index contributed by atoms with van der Waals surface area (Å²) in [4.78, 5) is 0. The minimum Gasteiger partial charge on any atom is -0.324 e. The zero-order chi connectivity index (χ0) is 13.4. The Hall–Kier alpha value is -1.19. The molecule has 0 saturated carbocycles. The van der Waals surface area contributed by atoms with E-state index >= 15 is 0 Å². The molecule has 3 rings (SSSR count). The van der Waals surface area contributed by atoms with Gasteiger partial charge in [-0.15, -0.1) is 0 Å². The molecule has 0 amide bonds. The van der Waals surface area contributed by atoms with Gasteiger partial charge >= 0.3 is 0 Å². The van der Waals surface area contributed by atoms with Crippen molar-refractivity contribution in [2.45, 2.75) is 24.8 Å². The van der Waals surface area contributed by atoms with Gasteiger partial charge in [-0.2, -0.15) is 0 Å². The van der Waals surface area contributed by atoms with E-state index in [0.717, 1.165) is 12.8 Å². The second kappa shape index (κ2) is 5.06. The molecule has 0 radical (unpaired) electrons. The molecular formula is C16H15BrFN. The number of rotatable bonds is 3. The normalized spacial score (nSPS) is 18.6. The molecule has 2 aromatic rings. The molecule has 2 unspecified atom stereocenters. The van der Waals surface area contributed by atoms with Crippen molar-refractivity contribution in [3.05, 3.63) is 69.4 Å². The molecule has 0 saturated heterocycles. The molecule has 2 atom stereocenters. The van der Waals surface area contributed by atoms with Crippen LogP contribution in [-0.4, -0.2) is 0 Å². The van der Waals surface area contributed by atoms with Crippen molar-refractivity contribution in [3.63, 3.8) is 0 Å². The largest absolute Gasteiger partial charge is 0.324 e. The van der Waals surface area contributed by atoms with Crippen molar-refractivity contribution in [1.82, 2.24) is 0 Å². The van der Waals surface area contributed by atoms with E-state index in [1.165, 1.54) is 11.1 Å². The van der Waals surface area contributed by atoms with Gasteiger partial charge in [0.05, 0.1) is 4.47 Å². The summed E-state index contributed by atoms with van der Waals surface area (Å²) >= 11 is 3.21. The lowest BCUT2D eigenvalue weighted by atomic mass is 9.74. The van der Waals surface area contributed by atoms with Gasteiger partial charge in [0.15, 0.2) is 0 Å². The quantitative estimate of drug-likeness (QED) is 0.895. The molecule has 19 heavy (non-hydrogen) atoms. The first-order valence-corrected chi connectivity index (χ1v) is 7.23. The van der Waals surface area contributed by atoms with E-state index in [2.05, 4.69) is 40.2 Å². The average Bonchev–Trinajstić information content (AvgIpc) is 2.39. The molecule has 0 heterocycles. The standard InChI is InChI=1S/C16H15BrFN/c17-14-7-3-6-13(16(14)18)15(19)9-11-8-10-4-1-2-5-12(10)11/h1-7,11,15H,8-9,19H2. The zero-order valence-electron chi connectivity index (χ0n) is 10.4. The van der Waals surface area contributed by atoms with Crippen LogP contribution in [0.3, 0.4) is 0 Å². The van der Waals surface area contributed by atoms with Crippen LogP contribution in [0.5, 0.6) is 0 Å². The maximum atomic E-state index is 14.0. The summed E-state index contributed by atoms with van der Waals surface area (Å²) in [6, 6.07) is 13.5. The van der Waals surface area contributed by atoms with Crippen LogP contribution in [0, 0.1) is 5.82 Å². The van der Waals surface area contributed by atoms with Crippen LogP contribution in [0.15, 0.2) is 46.9 Å². The van der Waals surface area contributed by atoms with Crippen LogP contribution in [0.1, 0.15) is 35.1 Å². The first-order chi connectivity index (χ1) is 9.16. The summed E-state index contributed by atoms with van der Waals surface area (Å²) in [7, 11) is 0. The molecule has 1 aliphatic carbocycles. The Kier molecular flexibility index (Phi) is 3.42. The number of fused-ring (bicyclic) bond motifs is 1. The van der Waals surface area contributed by atoms with Gasteiger partial charge in [-0.1, -0.05) is 36.4 Å². The Bertz CT molecular complexity index is 611. The van der Waals surface area contributed by atoms with Crippen molar-refractivity contribution >= 4 is 15.9 Å². The van der Waals surface area contributed by atoms with Gasteiger partial charge in [-0.05, 0) is 51.9 Å². The fraction of sp³-hybridized carbons (Fsp3) is 0.250. The maximum Gasteiger partial charge on any atom is 0.142 e. The van der Waals surface area contributed by atoms with E-state index in [1.807, 2.05) is 6.07 Å². The van der Waals surface area contributed by atoms with E-state index in [-0.39, 0.29) is 11.9 Å². The molecule has 2 aromatic carbocycles.